The SMILES string of the molecule is COCC(=O)NC1CC2C(=O)Nc3ccc(C=Cc4cccc([N+](=O)[O-])c4)cc3C(=O)N2C1. The summed E-state index contributed by atoms with van der Waals surface area (Å²) in [6.07, 6.45) is 3.78. The highest BCUT2D eigenvalue weighted by atomic mass is 16.6. The maximum atomic E-state index is 13.3. The normalized spacial score (nSPS) is 19.6. The molecular weight excluding hydrogens is 428 g/mol. The van der Waals surface area contributed by atoms with Crippen LogP contribution in [0.3, 0.4) is 0 Å². The number of hydrogen-bond donors (Lipinski definition) is 2. The molecule has 0 radical (unpaired) electrons. The quantitative estimate of drug-likeness (QED) is 0.394. The maximum absolute atomic E-state index is 13.3. The number of hydrogen-bond acceptors (Lipinski definition) is 6. The second kappa shape index (κ2) is 9.21. The maximum Gasteiger partial charge on any atom is 0.270 e. The molecule has 2 aromatic rings. The van der Waals surface area contributed by atoms with E-state index in [1.807, 2.05) is 0 Å². The molecule has 10 heteroatoms. The molecule has 2 N–H and O–H groups in total. The third-order valence-corrected chi connectivity index (χ3v) is 5.59. The van der Waals surface area contributed by atoms with Crippen molar-refractivity contribution in [2.24, 2.45) is 0 Å². The Morgan fingerprint density at radius 2 is 2.00 bits per heavy atom. The Kier molecular flexibility index (Phi) is 6.18. The number of benzene rings is 2. The predicted octanol–water partition coefficient (Wildman–Crippen LogP) is 2.06. The van der Waals surface area contributed by atoms with Gasteiger partial charge < -0.3 is 20.3 Å². The topological polar surface area (TPSA) is 131 Å². The van der Waals surface area contributed by atoms with Crippen molar-refractivity contribution in [1.29, 1.82) is 0 Å². The Bertz CT molecular complexity index is 1160. The summed E-state index contributed by atoms with van der Waals surface area (Å²) in [6, 6.07) is 10.3. The number of rotatable bonds is 6. The first-order valence-electron chi connectivity index (χ1n) is 10.3. The number of nitro benzene ring substituents is 1. The summed E-state index contributed by atoms with van der Waals surface area (Å²) in [7, 11) is 1.42. The fourth-order valence-corrected chi connectivity index (χ4v) is 4.07. The van der Waals surface area contributed by atoms with Gasteiger partial charge >= 0.3 is 0 Å². The van der Waals surface area contributed by atoms with Gasteiger partial charge in [0, 0.05) is 31.8 Å². The summed E-state index contributed by atoms with van der Waals surface area (Å²) in [5, 5.41) is 16.6. The summed E-state index contributed by atoms with van der Waals surface area (Å²) in [6.45, 7) is 0.129. The van der Waals surface area contributed by atoms with Crippen molar-refractivity contribution in [2.45, 2.75) is 18.5 Å². The Labute approximate surface area is 189 Å². The minimum atomic E-state index is -0.679. The largest absolute Gasteiger partial charge is 0.375 e. The molecule has 170 valence electrons. The number of nitrogens with zero attached hydrogens (tertiary/aromatic N) is 2. The minimum absolute atomic E-state index is 0.0100. The lowest BCUT2D eigenvalue weighted by atomic mass is 10.1. The Morgan fingerprint density at radius 3 is 2.73 bits per heavy atom. The van der Waals surface area contributed by atoms with E-state index in [1.54, 1.807) is 42.5 Å². The number of carbonyl (C=O) groups excluding carboxylic acids is 3. The molecule has 3 amide bonds. The molecule has 2 aliphatic rings. The lowest BCUT2D eigenvalue weighted by Gasteiger charge is -2.20. The van der Waals surface area contributed by atoms with E-state index in [4.69, 9.17) is 4.74 Å². The Morgan fingerprint density at radius 1 is 1.24 bits per heavy atom. The first kappa shape index (κ1) is 22.2. The molecule has 0 aliphatic carbocycles. The first-order valence-corrected chi connectivity index (χ1v) is 10.3. The molecule has 0 saturated carbocycles. The van der Waals surface area contributed by atoms with Crippen molar-refractivity contribution in [3.8, 4) is 0 Å². The fraction of sp³-hybridized carbons (Fsp3) is 0.261. The molecule has 2 aliphatic heterocycles. The van der Waals surface area contributed by atoms with Crippen molar-refractivity contribution in [3.05, 3.63) is 69.3 Å². The van der Waals surface area contributed by atoms with Gasteiger partial charge in [0.1, 0.15) is 12.6 Å². The minimum Gasteiger partial charge on any atom is -0.375 e. The van der Waals surface area contributed by atoms with Gasteiger partial charge in [-0.1, -0.05) is 30.4 Å². The second-order valence-corrected chi connectivity index (χ2v) is 7.89. The molecule has 2 heterocycles. The number of fused-ring (bicyclic) bond motifs is 2. The smallest absolute Gasteiger partial charge is 0.270 e. The Hall–Kier alpha value is -4.05. The van der Waals surface area contributed by atoms with Crippen LogP contribution in [0.25, 0.3) is 12.2 Å². The van der Waals surface area contributed by atoms with Crippen LogP contribution in [0.2, 0.25) is 0 Å². The number of amides is 3. The zero-order valence-corrected chi connectivity index (χ0v) is 17.8. The number of anilines is 1. The van der Waals surface area contributed by atoms with E-state index in [-0.39, 0.29) is 42.6 Å². The van der Waals surface area contributed by atoms with Crippen LogP contribution in [0.5, 0.6) is 0 Å². The molecule has 1 saturated heterocycles. The van der Waals surface area contributed by atoms with Gasteiger partial charge in [-0.15, -0.1) is 0 Å². The summed E-state index contributed by atoms with van der Waals surface area (Å²) in [5.41, 5.74) is 2.10. The lowest BCUT2D eigenvalue weighted by Crippen LogP contribution is -2.41. The third kappa shape index (κ3) is 4.75. The molecule has 0 bridgehead atoms. The molecule has 10 nitrogen and oxygen atoms in total. The van der Waals surface area contributed by atoms with Gasteiger partial charge in [-0.3, -0.25) is 24.5 Å². The molecule has 2 unspecified atom stereocenters. The second-order valence-electron chi connectivity index (χ2n) is 7.89. The van der Waals surface area contributed by atoms with Crippen molar-refractivity contribution in [3.63, 3.8) is 0 Å². The molecule has 33 heavy (non-hydrogen) atoms. The summed E-state index contributed by atoms with van der Waals surface area (Å²) in [4.78, 5) is 49.8. The molecule has 2 aromatic carbocycles. The molecule has 0 aromatic heterocycles. The molecule has 4 rings (SSSR count). The zero-order chi connectivity index (χ0) is 23.5. The van der Waals surface area contributed by atoms with E-state index < -0.39 is 11.0 Å². The monoisotopic (exact) mass is 450 g/mol. The highest BCUT2D eigenvalue weighted by Gasteiger charge is 2.43. The number of nitrogens with one attached hydrogen (secondary N) is 2. The first-order chi connectivity index (χ1) is 15.9. The van der Waals surface area contributed by atoms with Gasteiger partial charge in [-0.2, -0.15) is 0 Å². The van der Waals surface area contributed by atoms with Crippen LogP contribution < -0.4 is 10.6 Å². The van der Waals surface area contributed by atoms with Gasteiger partial charge in [-0.25, -0.2) is 0 Å². The molecule has 2 atom stereocenters. The van der Waals surface area contributed by atoms with Crippen LogP contribution in [0.1, 0.15) is 27.9 Å². The fourth-order valence-electron chi connectivity index (χ4n) is 4.07. The van der Waals surface area contributed by atoms with Crippen LogP contribution >= 0.6 is 0 Å². The van der Waals surface area contributed by atoms with Gasteiger partial charge in [0.2, 0.25) is 11.8 Å². The van der Waals surface area contributed by atoms with Crippen molar-refractivity contribution < 1.29 is 24.0 Å². The number of ether oxygens (including phenoxy) is 1. The van der Waals surface area contributed by atoms with Gasteiger partial charge in [0.15, 0.2) is 0 Å². The number of carbonyl (C=O) groups is 3. The van der Waals surface area contributed by atoms with Gasteiger partial charge in [0.25, 0.3) is 11.6 Å². The average Bonchev–Trinajstić information content (AvgIpc) is 3.18. The number of nitro groups is 1. The summed E-state index contributed by atoms with van der Waals surface area (Å²) < 4.78 is 4.82. The number of non-ortho nitro benzene ring substituents is 1. The number of methoxy groups -OCH3 is 1. The average molecular weight is 450 g/mol. The predicted molar refractivity (Wildman–Crippen MR) is 120 cm³/mol. The van der Waals surface area contributed by atoms with Gasteiger partial charge in [-0.05, 0) is 29.7 Å². The lowest BCUT2D eigenvalue weighted by molar-refractivity contribution is -0.384. The molecule has 0 spiro atoms. The van der Waals surface area contributed by atoms with Crippen molar-refractivity contribution in [1.82, 2.24) is 10.2 Å². The summed E-state index contributed by atoms with van der Waals surface area (Å²) >= 11 is 0. The highest BCUT2D eigenvalue weighted by molar-refractivity contribution is 6.10. The third-order valence-electron chi connectivity index (χ3n) is 5.59. The zero-order valence-electron chi connectivity index (χ0n) is 17.8. The van der Waals surface area contributed by atoms with E-state index in [2.05, 4.69) is 10.6 Å². The van der Waals surface area contributed by atoms with Crippen LogP contribution in [0.4, 0.5) is 11.4 Å². The van der Waals surface area contributed by atoms with Crippen LogP contribution in [-0.4, -0.2) is 59.9 Å². The van der Waals surface area contributed by atoms with E-state index in [9.17, 15) is 24.5 Å². The summed E-state index contributed by atoms with van der Waals surface area (Å²) in [5.74, 6) is -0.907. The van der Waals surface area contributed by atoms with Crippen molar-refractivity contribution in [2.75, 3.05) is 25.6 Å². The van der Waals surface area contributed by atoms with E-state index >= 15 is 0 Å². The van der Waals surface area contributed by atoms with Crippen LogP contribution in [0, 0.1) is 10.1 Å². The molecule has 1 fully saturated rings. The van der Waals surface area contributed by atoms with Crippen LogP contribution in [0.15, 0.2) is 42.5 Å². The van der Waals surface area contributed by atoms with Crippen molar-refractivity contribution >= 4 is 41.2 Å². The molecular formula is C23H22N4O6. The van der Waals surface area contributed by atoms with E-state index in [1.165, 1.54) is 24.1 Å². The van der Waals surface area contributed by atoms with Gasteiger partial charge in [0.05, 0.1) is 16.2 Å². The van der Waals surface area contributed by atoms with Crippen LogP contribution in [-0.2, 0) is 14.3 Å². The van der Waals surface area contributed by atoms with E-state index in [0.717, 1.165) is 0 Å². The highest BCUT2D eigenvalue weighted by Crippen LogP contribution is 2.30. The standard InChI is InChI=1S/C23H22N4O6/c1-33-13-21(28)24-16-11-20-22(29)25-19-8-7-15(10-18(19)23(30)26(20)12-16)6-5-14-3-2-4-17(9-14)27(31)32/h2-10,16,20H,11-13H2,1H3,(H,24,28)(H,25,29). The van der Waals surface area contributed by atoms with E-state index in [0.29, 0.717) is 28.8 Å². The Balaban J connectivity index is 1.56.